The Balaban J connectivity index is 1.85. The molecule has 1 aliphatic rings. The van der Waals surface area contributed by atoms with Gasteiger partial charge in [0.25, 0.3) is 11.2 Å². The first-order valence-corrected chi connectivity index (χ1v) is 8.50. The number of halogens is 1. The Morgan fingerprint density at radius 3 is 2.88 bits per heavy atom. The van der Waals surface area contributed by atoms with Crippen molar-refractivity contribution in [2.24, 2.45) is 0 Å². The molecular formula is C17H19ClN4O3. The van der Waals surface area contributed by atoms with Gasteiger partial charge in [-0.1, -0.05) is 25.4 Å². The summed E-state index contributed by atoms with van der Waals surface area (Å²) >= 11 is 5.86. The maximum absolute atomic E-state index is 12.4. The molecule has 0 unspecified atom stereocenters. The number of nitro groups is 1. The minimum atomic E-state index is -0.428. The van der Waals surface area contributed by atoms with Crippen LogP contribution in [-0.4, -0.2) is 26.3 Å². The number of benzene rings is 1. The van der Waals surface area contributed by atoms with Crippen LogP contribution in [0.5, 0.6) is 0 Å². The van der Waals surface area contributed by atoms with E-state index in [1.54, 1.807) is 12.1 Å². The zero-order valence-corrected chi connectivity index (χ0v) is 14.8. The predicted molar refractivity (Wildman–Crippen MR) is 94.9 cm³/mol. The van der Waals surface area contributed by atoms with Crippen molar-refractivity contribution in [3.63, 3.8) is 0 Å². The number of fused-ring (bicyclic) bond motifs is 1. The minimum Gasteiger partial charge on any atom is -0.310 e. The van der Waals surface area contributed by atoms with Crippen molar-refractivity contribution in [1.82, 2.24) is 14.9 Å². The molecule has 1 aliphatic heterocycles. The zero-order valence-electron chi connectivity index (χ0n) is 14.1. The van der Waals surface area contributed by atoms with Crippen LogP contribution in [0.2, 0.25) is 5.02 Å². The number of hydrogen-bond acceptors (Lipinski definition) is 5. The molecular weight excluding hydrogens is 344 g/mol. The van der Waals surface area contributed by atoms with Crippen LogP contribution in [0, 0.1) is 10.1 Å². The summed E-state index contributed by atoms with van der Waals surface area (Å²) in [5, 5.41) is 11.6. The molecule has 2 heterocycles. The third-order valence-electron chi connectivity index (χ3n) is 4.35. The lowest BCUT2D eigenvalue weighted by molar-refractivity contribution is -0.385. The normalized spacial score (nSPS) is 14.6. The molecule has 0 aliphatic carbocycles. The molecule has 3 rings (SSSR count). The van der Waals surface area contributed by atoms with Crippen LogP contribution in [0.25, 0.3) is 0 Å². The second-order valence-corrected chi connectivity index (χ2v) is 6.96. The fourth-order valence-corrected chi connectivity index (χ4v) is 3.16. The summed E-state index contributed by atoms with van der Waals surface area (Å²) in [6.07, 6.45) is 0.653. The van der Waals surface area contributed by atoms with Crippen molar-refractivity contribution < 1.29 is 4.92 Å². The van der Waals surface area contributed by atoms with Crippen LogP contribution in [0.3, 0.4) is 0 Å². The van der Waals surface area contributed by atoms with Crippen molar-refractivity contribution in [3.8, 4) is 0 Å². The number of nitrogens with one attached hydrogen (secondary N) is 1. The Morgan fingerprint density at radius 2 is 2.20 bits per heavy atom. The first-order valence-electron chi connectivity index (χ1n) is 8.12. The Labute approximate surface area is 149 Å². The van der Waals surface area contributed by atoms with Gasteiger partial charge in [-0.15, -0.1) is 0 Å². The molecule has 0 amide bonds. The maximum Gasteiger partial charge on any atom is 0.275 e. The van der Waals surface area contributed by atoms with Crippen LogP contribution < -0.4 is 5.56 Å². The van der Waals surface area contributed by atoms with E-state index in [0.29, 0.717) is 48.0 Å². The Bertz CT molecular complexity index is 879. The molecule has 0 saturated heterocycles. The summed E-state index contributed by atoms with van der Waals surface area (Å²) < 4.78 is 0. The zero-order chi connectivity index (χ0) is 18.1. The maximum atomic E-state index is 12.4. The van der Waals surface area contributed by atoms with Crippen molar-refractivity contribution in [2.75, 3.05) is 6.54 Å². The van der Waals surface area contributed by atoms with Gasteiger partial charge in [0.2, 0.25) is 0 Å². The summed E-state index contributed by atoms with van der Waals surface area (Å²) in [4.78, 5) is 32.6. The van der Waals surface area contributed by atoms with Crippen LogP contribution in [0.15, 0.2) is 23.0 Å². The van der Waals surface area contributed by atoms with Gasteiger partial charge in [0.15, 0.2) is 0 Å². The van der Waals surface area contributed by atoms with Gasteiger partial charge in [0.05, 0.1) is 16.2 Å². The Hall–Kier alpha value is -2.25. The highest BCUT2D eigenvalue weighted by molar-refractivity contribution is 6.30. The topological polar surface area (TPSA) is 92.1 Å². The first kappa shape index (κ1) is 17.6. The van der Waals surface area contributed by atoms with Crippen LogP contribution in [0.4, 0.5) is 5.69 Å². The molecule has 25 heavy (non-hydrogen) atoms. The van der Waals surface area contributed by atoms with Gasteiger partial charge in [0.1, 0.15) is 5.82 Å². The number of nitrogens with zero attached hydrogens (tertiary/aromatic N) is 3. The fourth-order valence-electron chi connectivity index (χ4n) is 2.99. The van der Waals surface area contributed by atoms with E-state index in [-0.39, 0.29) is 17.2 Å². The fraction of sp³-hybridized carbons (Fsp3) is 0.412. The molecule has 1 aromatic heterocycles. The average Bonchev–Trinajstić information content (AvgIpc) is 2.56. The summed E-state index contributed by atoms with van der Waals surface area (Å²) in [5.74, 6) is 0.860. The minimum absolute atomic E-state index is 0.000451. The van der Waals surface area contributed by atoms with E-state index in [0.717, 1.165) is 5.69 Å². The molecule has 0 atom stereocenters. The predicted octanol–water partition coefficient (Wildman–Crippen LogP) is 3.01. The molecule has 7 nitrogen and oxygen atoms in total. The molecule has 2 aromatic rings. The van der Waals surface area contributed by atoms with Crippen molar-refractivity contribution >= 4 is 17.3 Å². The van der Waals surface area contributed by atoms with E-state index in [4.69, 9.17) is 11.6 Å². The molecule has 0 fully saturated rings. The van der Waals surface area contributed by atoms with Gasteiger partial charge in [-0.2, -0.15) is 0 Å². The molecule has 1 N–H and O–H groups in total. The second-order valence-electron chi connectivity index (χ2n) is 6.52. The monoisotopic (exact) mass is 362 g/mol. The standard InChI is InChI=1S/C17H19ClN4O3/c1-10(2)16-19-14-5-6-21(9-13(14)17(23)20-16)8-11-3-4-12(18)7-15(11)22(24)25/h3-4,7,10H,5-6,8-9H2,1-2H3,(H,19,20,23). The molecule has 8 heteroatoms. The van der Waals surface area contributed by atoms with Gasteiger partial charge in [-0.25, -0.2) is 4.98 Å². The summed E-state index contributed by atoms with van der Waals surface area (Å²) in [6, 6.07) is 4.67. The van der Waals surface area contributed by atoms with Crippen LogP contribution >= 0.6 is 11.6 Å². The smallest absolute Gasteiger partial charge is 0.275 e. The lowest BCUT2D eigenvalue weighted by Gasteiger charge is -2.27. The van der Waals surface area contributed by atoms with E-state index in [2.05, 4.69) is 9.97 Å². The molecule has 0 saturated carbocycles. The van der Waals surface area contributed by atoms with Gasteiger partial charge in [-0.3, -0.25) is 19.8 Å². The number of nitro benzene ring substituents is 1. The largest absolute Gasteiger partial charge is 0.310 e. The van der Waals surface area contributed by atoms with E-state index >= 15 is 0 Å². The van der Waals surface area contributed by atoms with Crippen LogP contribution in [-0.2, 0) is 19.5 Å². The third kappa shape index (κ3) is 3.72. The molecule has 0 radical (unpaired) electrons. The van der Waals surface area contributed by atoms with E-state index in [1.165, 1.54) is 6.07 Å². The van der Waals surface area contributed by atoms with Crippen molar-refractivity contribution in [3.05, 3.63) is 66.3 Å². The number of rotatable bonds is 4. The highest BCUT2D eigenvalue weighted by Crippen LogP contribution is 2.26. The highest BCUT2D eigenvalue weighted by Gasteiger charge is 2.24. The van der Waals surface area contributed by atoms with Gasteiger partial charge >= 0.3 is 0 Å². The quantitative estimate of drug-likeness (QED) is 0.666. The summed E-state index contributed by atoms with van der Waals surface area (Å²) in [6.45, 7) is 5.48. The third-order valence-corrected chi connectivity index (χ3v) is 4.59. The lowest BCUT2D eigenvalue weighted by atomic mass is 10.0. The highest BCUT2D eigenvalue weighted by atomic mass is 35.5. The van der Waals surface area contributed by atoms with Gasteiger partial charge < -0.3 is 4.98 Å². The van der Waals surface area contributed by atoms with E-state index in [1.807, 2.05) is 18.7 Å². The number of aromatic amines is 1. The van der Waals surface area contributed by atoms with Gasteiger partial charge in [-0.05, 0) is 12.1 Å². The van der Waals surface area contributed by atoms with E-state index in [9.17, 15) is 14.9 Å². The van der Waals surface area contributed by atoms with Crippen LogP contribution in [0.1, 0.15) is 42.4 Å². The molecule has 1 aromatic carbocycles. The first-order chi connectivity index (χ1) is 11.8. The number of H-pyrrole nitrogens is 1. The Morgan fingerprint density at radius 1 is 1.44 bits per heavy atom. The molecule has 0 spiro atoms. The molecule has 132 valence electrons. The Kier molecular flexibility index (Phi) is 4.87. The summed E-state index contributed by atoms with van der Waals surface area (Å²) in [7, 11) is 0. The lowest BCUT2D eigenvalue weighted by Crippen LogP contribution is -2.36. The van der Waals surface area contributed by atoms with Crippen molar-refractivity contribution in [2.45, 2.75) is 39.3 Å². The average molecular weight is 363 g/mol. The number of hydrogen-bond donors (Lipinski definition) is 1. The SMILES string of the molecule is CC(C)c1nc2c(c(=O)[nH]1)CN(Cc1ccc(Cl)cc1[N+](=O)[O-])CC2. The van der Waals surface area contributed by atoms with Crippen molar-refractivity contribution in [1.29, 1.82) is 0 Å². The number of aromatic nitrogens is 2. The summed E-state index contributed by atoms with van der Waals surface area (Å²) in [5.41, 5.74) is 1.94. The molecule has 0 bridgehead atoms. The second kappa shape index (κ2) is 6.93. The van der Waals surface area contributed by atoms with Gasteiger partial charge in [0, 0.05) is 48.6 Å². The van der Waals surface area contributed by atoms with E-state index < -0.39 is 4.92 Å².